The zero-order valence-electron chi connectivity index (χ0n) is 20.0. The fourth-order valence-electron chi connectivity index (χ4n) is 4.41. The molecule has 0 spiro atoms. The van der Waals surface area contributed by atoms with Crippen molar-refractivity contribution in [3.63, 3.8) is 0 Å². The Balaban J connectivity index is 0.00000363. The van der Waals surface area contributed by atoms with Gasteiger partial charge in [0.15, 0.2) is 5.96 Å². The number of ether oxygens (including phenoxy) is 2. The fraction of sp³-hybridized carbons (Fsp3) is 0.708. The largest absolute Gasteiger partial charge is 0.497 e. The molecule has 2 N–H and O–H groups in total. The first-order chi connectivity index (χ1) is 15.2. The van der Waals surface area contributed by atoms with E-state index in [9.17, 15) is 0 Å². The predicted octanol–water partition coefficient (Wildman–Crippen LogP) is 2.97. The highest BCUT2D eigenvalue weighted by molar-refractivity contribution is 14.0. The standard InChI is InChI=1S/C24H41N5O2.HI/c1-4-25-24(26-12-9-20-10-13-28(2)14-11-20)27-19-23(29-15-17-31-18-16-29)21-5-7-22(30-3)8-6-21;/h5-8,20,23H,4,9-19H2,1-3H3,(H2,25,26,27);1H. The molecule has 0 amide bonds. The number of methoxy groups -OCH3 is 1. The minimum absolute atomic E-state index is 0. The molecule has 1 unspecified atom stereocenters. The van der Waals surface area contributed by atoms with E-state index in [-0.39, 0.29) is 30.0 Å². The molecule has 7 nitrogen and oxygen atoms in total. The van der Waals surface area contributed by atoms with Crippen molar-refractivity contribution >= 4 is 29.9 Å². The molecule has 3 rings (SSSR count). The Labute approximate surface area is 211 Å². The number of rotatable bonds is 9. The van der Waals surface area contributed by atoms with Gasteiger partial charge >= 0.3 is 0 Å². The van der Waals surface area contributed by atoms with Gasteiger partial charge in [0, 0.05) is 26.2 Å². The third-order valence-corrected chi connectivity index (χ3v) is 6.44. The lowest BCUT2D eigenvalue weighted by Gasteiger charge is -2.34. The van der Waals surface area contributed by atoms with E-state index in [1.807, 2.05) is 12.1 Å². The molecule has 0 aromatic heterocycles. The average Bonchev–Trinajstić information content (AvgIpc) is 2.81. The number of likely N-dealkylation sites (tertiary alicyclic amines) is 1. The third kappa shape index (κ3) is 8.68. The molecule has 2 heterocycles. The van der Waals surface area contributed by atoms with E-state index >= 15 is 0 Å². The monoisotopic (exact) mass is 559 g/mol. The van der Waals surface area contributed by atoms with E-state index in [4.69, 9.17) is 14.5 Å². The number of hydrogen-bond acceptors (Lipinski definition) is 5. The Bertz CT molecular complexity index is 659. The van der Waals surface area contributed by atoms with Crippen molar-refractivity contribution in [3.05, 3.63) is 29.8 Å². The summed E-state index contributed by atoms with van der Waals surface area (Å²) >= 11 is 0. The highest BCUT2D eigenvalue weighted by Crippen LogP contribution is 2.24. The van der Waals surface area contributed by atoms with Crippen molar-refractivity contribution in [1.29, 1.82) is 0 Å². The average molecular weight is 560 g/mol. The van der Waals surface area contributed by atoms with Crippen molar-refractivity contribution < 1.29 is 9.47 Å². The summed E-state index contributed by atoms with van der Waals surface area (Å²) in [6.45, 7) is 10.6. The summed E-state index contributed by atoms with van der Waals surface area (Å²) in [6, 6.07) is 8.64. The number of benzene rings is 1. The van der Waals surface area contributed by atoms with Gasteiger partial charge in [-0.3, -0.25) is 9.89 Å². The van der Waals surface area contributed by atoms with E-state index in [2.05, 4.69) is 46.5 Å². The SMILES string of the molecule is CCNC(=NCC(c1ccc(OC)cc1)N1CCOCC1)NCCC1CCN(C)CC1.I. The van der Waals surface area contributed by atoms with Crippen LogP contribution in [0, 0.1) is 5.92 Å². The Morgan fingerprint density at radius 1 is 1.12 bits per heavy atom. The maximum Gasteiger partial charge on any atom is 0.191 e. The third-order valence-electron chi connectivity index (χ3n) is 6.44. The van der Waals surface area contributed by atoms with Gasteiger partial charge in [0.1, 0.15) is 5.75 Å². The highest BCUT2D eigenvalue weighted by Gasteiger charge is 2.23. The number of halogens is 1. The highest BCUT2D eigenvalue weighted by atomic mass is 127. The molecular weight excluding hydrogens is 517 g/mol. The van der Waals surface area contributed by atoms with E-state index in [1.54, 1.807) is 7.11 Å². The van der Waals surface area contributed by atoms with Crippen LogP contribution in [0.25, 0.3) is 0 Å². The van der Waals surface area contributed by atoms with Crippen LogP contribution in [-0.4, -0.2) is 88.9 Å². The van der Waals surface area contributed by atoms with E-state index in [0.717, 1.165) is 63.6 Å². The summed E-state index contributed by atoms with van der Waals surface area (Å²) in [5, 5.41) is 6.99. The number of morpholine rings is 1. The maximum absolute atomic E-state index is 5.58. The van der Waals surface area contributed by atoms with Crippen LogP contribution < -0.4 is 15.4 Å². The molecule has 2 aliphatic rings. The van der Waals surface area contributed by atoms with Gasteiger partial charge in [-0.15, -0.1) is 24.0 Å². The first-order valence-electron chi connectivity index (χ1n) is 11.9. The lowest BCUT2D eigenvalue weighted by molar-refractivity contribution is 0.0179. The summed E-state index contributed by atoms with van der Waals surface area (Å²) in [6.07, 6.45) is 3.83. The van der Waals surface area contributed by atoms with Crippen molar-refractivity contribution in [2.45, 2.75) is 32.2 Å². The van der Waals surface area contributed by atoms with Crippen molar-refractivity contribution in [1.82, 2.24) is 20.4 Å². The Morgan fingerprint density at radius 2 is 1.81 bits per heavy atom. The summed E-state index contributed by atoms with van der Waals surface area (Å²) in [5.41, 5.74) is 1.27. The van der Waals surface area contributed by atoms with Crippen molar-refractivity contribution in [3.8, 4) is 5.75 Å². The quantitative estimate of drug-likeness (QED) is 0.276. The van der Waals surface area contributed by atoms with E-state index in [0.29, 0.717) is 0 Å². The van der Waals surface area contributed by atoms with Gasteiger partial charge in [-0.05, 0) is 69.9 Å². The molecule has 182 valence electrons. The number of guanidine groups is 1. The van der Waals surface area contributed by atoms with Gasteiger partial charge in [0.05, 0.1) is 32.9 Å². The van der Waals surface area contributed by atoms with Crippen LogP contribution in [0.15, 0.2) is 29.3 Å². The number of nitrogens with zero attached hydrogens (tertiary/aromatic N) is 3. The molecule has 1 aromatic rings. The summed E-state index contributed by atoms with van der Waals surface area (Å²) in [4.78, 5) is 9.89. The molecule has 0 radical (unpaired) electrons. The second-order valence-electron chi connectivity index (χ2n) is 8.62. The summed E-state index contributed by atoms with van der Waals surface area (Å²) < 4.78 is 10.9. The van der Waals surface area contributed by atoms with Gasteiger partial charge in [0.25, 0.3) is 0 Å². The van der Waals surface area contributed by atoms with Gasteiger partial charge in [-0.2, -0.15) is 0 Å². The van der Waals surface area contributed by atoms with Crippen molar-refractivity contribution in [2.75, 3.05) is 73.2 Å². The van der Waals surface area contributed by atoms with Gasteiger partial charge < -0.3 is 25.0 Å². The molecule has 2 saturated heterocycles. The topological polar surface area (TPSA) is 61.4 Å². The smallest absolute Gasteiger partial charge is 0.191 e. The van der Waals surface area contributed by atoms with Crippen LogP contribution >= 0.6 is 24.0 Å². The van der Waals surface area contributed by atoms with Crippen LogP contribution in [-0.2, 0) is 4.74 Å². The van der Waals surface area contributed by atoms with Crippen LogP contribution in [0.2, 0.25) is 0 Å². The molecule has 2 fully saturated rings. The molecule has 0 aliphatic carbocycles. The molecule has 1 atom stereocenters. The Hall–Kier alpha value is -1.10. The first-order valence-corrected chi connectivity index (χ1v) is 11.9. The molecule has 0 bridgehead atoms. The fourth-order valence-corrected chi connectivity index (χ4v) is 4.41. The van der Waals surface area contributed by atoms with Crippen LogP contribution in [0.5, 0.6) is 5.75 Å². The number of hydrogen-bond donors (Lipinski definition) is 2. The minimum atomic E-state index is 0. The maximum atomic E-state index is 5.58. The first kappa shape index (κ1) is 27.1. The molecule has 8 heteroatoms. The second kappa shape index (κ2) is 14.9. The van der Waals surface area contributed by atoms with Gasteiger partial charge in [-0.1, -0.05) is 12.1 Å². The molecule has 1 aromatic carbocycles. The molecule has 2 aliphatic heterocycles. The predicted molar refractivity (Wildman–Crippen MR) is 142 cm³/mol. The molecule has 0 saturated carbocycles. The zero-order valence-corrected chi connectivity index (χ0v) is 22.3. The Morgan fingerprint density at radius 3 is 2.44 bits per heavy atom. The van der Waals surface area contributed by atoms with Crippen molar-refractivity contribution in [2.24, 2.45) is 10.9 Å². The van der Waals surface area contributed by atoms with Crippen LogP contribution in [0.3, 0.4) is 0 Å². The van der Waals surface area contributed by atoms with Gasteiger partial charge in [-0.25, -0.2) is 0 Å². The number of aliphatic imine (C=N–C) groups is 1. The Kier molecular flexibility index (Phi) is 12.7. The summed E-state index contributed by atoms with van der Waals surface area (Å²) in [5.74, 6) is 2.63. The second-order valence-corrected chi connectivity index (χ2v) is 8.62. The van der Waals surface area contributed by atoms with E-state index in [1.165, 1.54) is 37.9 Å². The minimum Gasteiger partial charge on any atom is -0.497 e. The number of nitrogens with one attached hydrogen (secondary N) is 2. The lowest BCUT2D eigenvalue weighted by Crippen LogP contribution is -2.42. The zero-order chi connectivity index (χ0) is 21.9. The normalized spacial score (nSPS) is 19.8. The van der Waals surface area contributed by atoms with E-state index < -0.39 is 0 Å². The lowest BCUT2D eigenvalue weighted by atomic mass is 9.94. The molecule has 32 heavy (non-hydrogen) atoms. The van der Waals surface area contributed by atoms with Crippen LogP contribution in [0.1, 0.15) is 37.8 Å². The summed E-state index contributed by atoms with van der Waals surface area (Å²) in [7, 11) is 3.93. The number of piperidine rings is 1. The molecular formula is C24H42IN5O2. The van der Waals surface area contributed by atoms with Gasteiger partial charge in [0.2, 0.25) is 0 Å². The van der Waals surface area contributed by atoms with Crippen LogP contribution in [0.4, 0.5) is 0 Å².